The summed E-state index contributed by atoms with van der Waals surface area (Å²) in [4.78, 5) is 6.83. The van der Waals surface area contributed by atoms with Gasteiger partial charge in [-0.15, -0.1) is 0 Å². The minimum Gasteiger partial charge on any atom is -0.393 e. The summed E-state index contributed by atoms with van der Waals surface area (Å²) in [6.45, 7) is 10.5. The molecule has 1 saturated carbocycles. The molecular formula is C16H23BrN2O. The van der Waals surface area contributed by atoms with Crippen molar-refractivity contribution in [2.45, 2.75) is 58.1 Å². The van der Waals surface area contributed by atoms with Crippen LogP contribution >= 0.6 is 15.9 Å². The normalized spacial score (nSPS) is 23.1. The third-order valence-electron chi connectivity index (χ3n) is 4.10. The van der Waals surface area contributed by atoms with E-state index < -0.39 is 0 Å². The summed E-state index contributed by atoms with van der Waals surface area (Å²) in [6, 6.07) is 2.47. The Labute approximate surface area is 129 Å². The lowest BCUT2D eigenvalue weighted by Gasteiger charge is -2.42. The van der Waals surface area contributed by atoms with Crippen molar-refractivity contribution >= 4 is 21.7 Å². The van der Waals surface area contributed by atoms with Gasteiger partial charge in [0.15, 0.2) is 0 Å². The second-order valence-electron chi connectivity index (χ2n) is 5.76. The van der Waals surface area contributed by atoms with E-state index in [1.165, 1.54) is 5.56 Å². The first kappa shape index (κ1) is 15.5. The molecule has 0 unspecified atom stereocenters. The van der Waals surface area contributed by atoms with E-state index in [1.54, 1.807) is 0 Å². The zero-order valence-electron chi connectivity index (χ0n) is 12.4. The molecule has 110 valence electrons. The Kier molecular flexibility index (Phi) is 4.86. The van der Waals surface area contributed by atoms with Gasteiger partial charge in [0.25, 0.3) is 0 Å². The summed E-state index contributed by atoms with van der Waals surface area (Å²) in [5.41, 5.74) is 2.23. The van der Waals surface area contributed by atoms with E-state index in [0.29, 0.717) is 12.0 Å². The Bertz CT molecular complexity index is 497. The van der Waals surface area contributed by atoms with E-state index in [1.807, 2.05) is 13.1 Å². The standard InChI is InChI=1S/C16H23BrN2O/c1-5-11(4)15-6-12(17)9-18-16(15)19(10(2)3)13-7-14(20)8-13/h6,9,11,13-14,20H,2,5,7-8H2,1,3-4H3/t11-,13?,14?/m1/s1. The quantitative estimate of drug-likeness (QED) is 0.873. The Morgan fingerprint density at radius 2 is 2.25 bits per heavy atom. The summed E-state index contributed by atoms with van der Waals surface area (Å²) in [6.07, 6.45) is 4.33. The van der Waals surface area contributed by atoms with Gasteiger partial charge in [0.2, 0.25) is 0 Å². The van der Waals surface area contributed by atoms with Gasteiger partial charge >= 0.3 is 0 Å². The van der Waals surface area contributed by atoms with Crippen molar-refractivity contribution in [3.63, 3.8) is 0 Å². The number of allylic oxidation sites excluding steroid dienone is 1. The minimum absolute atomic E-state index is 0.177. The van der Waals surface area contributed by atoms with Gasteiger partial charge in [0.1, 0.15) is 5.82 Å². The first-order valence-corrected chi connectivity index (χ1v) is 8.01. The zero-order valence-corrected chi connectivity index (χ0v) is 14.0. The Morgan fingerprint density at radius 1 is 1.60 bits per heavy atom. The number of rotatable bonds is 5. The summed E-state index contributed by atoms with van der Waals surface area (Å²) < 4.78 is 1.01. The second kappa shape index (κ2) is 6.27. The summed E-state index contributed by atoms with van der Waals surface area (Å²) in [5, 5.41) is 9.58. The average molecular weight is 339 g/mol. The Balaban J connectivity index is 2.40. The molecule has 0 amide bonds. The number of aliphatic hydroxyl groups excluding tert-OH is 1. The molecule has 1 aliphatic rings. The van der Waals surface area contributed by atoms with Crippen LogP contribution in [0, 0.1) is 0 Å². The molecule has 20 heavy (non-hydrogen) atoms. The molecule has 0 saturated heterocycles. The number of halogens is 1. The summed E-state index contributed by atoms with van der Waals surface area (Å²) >= 11 is 3.51. The van der Waals surface area contributed by atoms with E-state index >= 15 is 0 Å². The van der Waals surface area contributed by atoms with Gasteiger partial charge in [-0.25, -0.2) is 4.98 Å². The molecule has 0 spiro atoms. The van der Waals surface area contributed by atoms with Gasteiger partial charge < -0.3 is 10.0 Å². The molecule has 1 aromatic rings. The molecule has 1 aromatic heterocycles. The van der Waals surface area contributed by atoms with Crippen LogP contribution in [0.25, 0.3) is 0 Å². The van der Waals surface area contributed by atoms with Gasteiger partial charge in [0, 0.05) is 22.4 Å². The number of nitrogens with zero attached hydrogens (tertiary/aromatic N) is 2. The first-order chi connectivity index (χ1) is 9.43. The van der Waals surface area contributed by atoms with Crippen LogP contribution in [-0.4, -0.2) is 22.2 Å². The number of anilines is 1. The number of hydrogen-bond acceptors (Lipinski definition) is 3. The van der Waals surface area contributed by atoms with E-state index in [4.69, 9.17) is 0 Å². The summed E-state index contributed by atoms with van der Waals surface area (Å²) in [7, 11) is 0. The number of pyridine rings is 1. The van der Waals surface area contributed by atoms with Crippen LogP contribution in [0.2, 0.25) is 0 Å². The maximum Gasteiger partial charge on any atom is 0.136 e. The van der Waals surface area contributed by atoms with Gasteiger partial charge in [-0.3, -0.25) is 0 Å². The highest BCUT2D eigenvalue weighted by Gasteiger charge is 2.34. The number of aliphatic hydroxyl groups is 1. The Hall–Kier alpha value is -0.870. The monoisotopic (exact) mass is 338 g/mol. The molecule has 1 N–H and O–H groups in total. The van der Waals surface area contributed by atoms with Crippen LogP contribution in [0.1, 0.15) is 51.5 Å². The van der Waals surface area contributed by atoms with Crippen molar-refractivity contribution in [2.75, 3.05) is 4.90 Å². The lowest BCUT2D eigenvalue weighted by Crippen LogP contribution is -2.47. The Morgan fingerprint density at radius 3 is 2.75 bits per heavy atom. The van der Waals surface area contributed by atoms with Crippen LogP contribution < -0.4 is 4.90 Å². The molecule has 3 nitrogen and oxygen atoms in total. The molecule has 0 radical (unpaired) electrons. The third-order valence-corrected chi connectivity index (χ3v) is 4.53. The molecule has 0 aliphatic heterocycles. The lowest BCUT2D eigenvalue weighted by molar-refractivity contribution is 0.0753. The highest BCUT2D eigenvalue weighted by molar-refractivity contribution is 9.10. The summed E-state index contributed by atoms with van der Waals surface area (Å²) in [5.74, 6) is 1.44. The van der Waals surface area contributed by atoms with Crippen LogP contribution in [0.3, 0.4) is 0 Å². The smallest absolute Gasteiger partial charge is 0.136 e. The molecule has 4 heteroatoms. The van der Waals surface area contributed by atoms with E-state index in [-0.39, 0.29) is 6.10 Å². The number of aromatic nitrogens is 1. The van der Waals surface area contributed by atoms with Crippen LogP contribution in [0.5, 0.6) is 0 Å². The second-order valence-corrected chi connectivity index (χ2v) is 6.68. The van der Waals surface area contributed by atoms with Gasteiger partial charge in [0.05, 0.1) is 6.10 Å². The van der Waals surface area contributed by atoms with E-state index in [0.717, 1.165) is 35.3 Å². The largest absolute Gasteiger partial charge is 0.393 e. The fourth-order valence-electron chi connectivity index (χ4n) is 2.67. The van der Waals surface area contributed by atoms with Crippen molar-refractivity contribution in [3.05, 3.63) is 34.6 Å². The predicted molar refractivity (Wildman–Crippen MR) is 87.0 cm³/mol. The van der Waals surface area contributed by atoms with Crippen molar-refractivity contribution in [1.82, 2.24) is 4.98 Å². The average Bonchev–Trinajstić information content (AvgIpc) is 2.37. The van der Waals surface area contributed by atoms with Crippen molar-refractivity contribution < 1.29 is 5.11 Å². The van der Waals surface area contributed by atoms with Crippen LogP contribution in [-0.2, 0) is 0 Å². The molecule has 0 bridgehead atoms. The highest BCUT2D eigenvalue weighted by Crippen LogP contribution is 2.37. The van der Waals surface area contributed by atoms with Crippen molar-refractivity contribution in [1.29, 1.82) is 0 Å². The van der Waals surface area contributed by atoms with Crippen molar-refractivity contribution in [3.8, 4) is 0 Å². The molecule has 1 atom stereocenters. The van der Waals surface area contributed by atoms with Gasteiger partial charge in [-0.2, -0.15) is 0 Å². The zero-order chi connectivity index (χ0) is 14.9. The third kappa shape index (κ3) is 3.07. The highest BCUT2D eigenvalue weighted by atomic mass is 79.9. The molecule has 2 rings (SSSR count). The van der Waals surface area contributed by atoms with E-state index in [2.05, 4.69) is 52.3 Å². The SMILES string of the molecule is C=C(C)N(c1ncc(Br)cc1[C@H](C)CC)C1CC(O)C1. The molecule has 1 heterocycles. The van der Waals surface area contributed by atoms with E-state index in [9.17, 15) is 5.11 Å². The number of hydrogen-bond donors (Lipinski definition) is 1. The van der Waals surface area contributed by atoms with Crippen LogP contribution in [0.4, 0.5) is 5.82 Å². The van der Waals surface area contributed by atoms with Gasteiger partial charge in [-0.1, -0.05) is 20.4 Å². The van der Waals surface area contributed by atoms with Crippen molar-refractivity contribution in [2.24, 2.45) is 0 Å². The topological polar surface area (TPSA) is 36.4 Å². The fourth-order valence-corrected chi connectivity index (χ4v) is 3.02. The predicted octanol–water partition coefficient (Wildman–Crippen LogP) is 4.22. The maximum absolute atomic E-state index is 9.58. The molecular weight excluding hydrogens is 316 g/mol. The lowest BCUT2D eigenvalue weighted by atomic mass is 9.87. The maximum atomic E-state index is 9.58. The van der Waals surface area contributed by atoms with Gasteiger partial charge in [-0.05, 0) is 59.7 Å². The fraction of sp³-hybridized carbons (Fsp3) is 0.562. The first-order valence-electron chi connectivity index (χ1n) is 7.22. The molecule has 1 aliphatic carbocycles. The molecule has 0 aromatic carbocycles. The minimum atomic E-state index is -0.177. The van der Waals surface area contributed by atoms with Crippen LogP contribution in [0.15, 0.2) is 29.0 Å². The molecule has 1 fully saturated rings.